The van der Waals surface area contributed by atoms with Gasteiger partial charge in [-0.25, -0.2) is 9.18 Å². The number of urea groups is 1. The van der Waals surface area contributed by atoms with Gasteiger partial charge in [0.05, 0.1) is 29.5 Å². The van der Waals surface area contributed by atoms with Crippen molar-refractivity contribution < 1.29 is 18.7 Å². The van der Waals surface area contributed by atoms with Crippen LogP contribution in [0.5, 0.6) is 11.5 Å². The number of aromatic nitrogens is 4. The van der Waals surface area contributed by atoms with Gasteiger partial charge in [0.2, 0.25) is 5.91 Å². The smallest absolute Gasteiger partial charge is 0.323 e. The van der Waals surface area contributed by atoms with E-state index in [1.54, 1.807) is 55.1 Å². The molecular weight excluding hydrogens is 549 g/mol. The van der Waals surface area contributed by atoms with Crippen LogP contribution in [0.2, 0.25) is 0 Å². The molecule has 5 rings (SSSR count). The van der Waals surface area contributed by atoms with Gasteiger partial charge in [-0.05, 0) is 47.4 Å². The lowest BCUT2D eigenvalue weighted by atomic mass is 9.88. The lowest BCUT2D eigenvalue weighted by molar-refractivity contribution is -0.116. The number of hydrogen-bond donors (Lipinski definition) is 3. The van der Waals surface area contributed by atoms with Crippen LogP contribution in [0.15, 0.2) is 97.7 Å². The molecule has 0 spiro atoms. The average Bonchev–Trinajstić information content (AvgIpc) is 3.43. The van der Waals surface area contributed by atoms with Crippen LogP contribution >= 0.6 is 0 Å². The number of nitrogens with one attached hydrogen (secondary N) is 3. The molecule has 0 aliphatic carbocycles. The Balaban J connectivity index is 1.19. The van der Waals surface area contributed by atoms with Crippen LogP contribution in [0.25, 0.3) is 11.3 Å². The molecule has 5 aromatic rings. The van der Waals surface area contributed by atoms with Crippen molar-refractivity contribution in [3.05, 3.63) is 109 Å². The van der Waals surface area contributed by atoms with Gasteiger partial charge in [0.15, 0.2) is 0 Å². The lowest BCUT2D eigenvalue weighted by Gasteiger charge is -2.19. The van der Waals surface area contributed by atoms with E-state index in [2.05, 4.69) is 31.0 Å². The number of benzene rings is 2. The topological polar surface area (TPSA) is 123 Å². The predicted molar refractivity (Wildman–Crippen MR) is 163 cm³/mol. The van der Waals surface area contributed by atoms with Crippen LogP contribution in [-0.4, -0.2) is 31.7 Å². The molecule has 3 amide bonds. The highest BCUT2D eigenvalue weighted by Crippen LogP contribution is 2.28. The Labute approximate surface area is 248 Å². The minimum absolute atomic E-state index is 0.0103. The van der Waals surface area contributed by atoms with Gasteiger partial charge in [-0.3, -0.25) is 19.4 Å². The molecular formula is C32H30FN7O3. The zero-order valence-corrected chi connectivity index (χ0v) is 23.8. The normalized spacial score (nSPS) is 11.1. The summed E-state index contributed by atoms with van der Waals surface area (Å²) < 4.78 is 22.2. The van der Waals surface area contributed by atoms with Crippen LogP contribution in [0.1, 0.15) is 26.3 Å². The summed E-state index contributed by atoms with van der Waals surface area (Å²) in [4.78, 5) is 33.4. The number of carbonyl (C=O) groups is 2. The van der Waals surface area contributed by atoms with Crippen molar-refractivity contribution in [2.45, 2.75) is 32.7 Å². The van der Waals surface area contributed by atoms with E-state index >= 15 is 0 Å². The number of halogens is 1. The first kappa shape index (κ1) is 28.9. The number of nitrogens with zero attached hydrogens (tertiary/aromatic N) is 4. The molecule has 0 saturated carbocycles. The van der Waals surface area contributed by atoms with E-state index in [1.165, 1.54) is 23.0 Å². The Kier molecular flexibility index (Phi) is 8.42. The Hall–Kier alpha value is -5.58. The second kappa shape index (κ2) is 12.5. The van der Waals surface area contributed by atoms with Crippen molar-refractivity contribution in [3.8, 4) is 22.8 Å². The first-order valence-corrected chi connectivity index (χ1v) is 13.5. The fourth-order valence-electron chi connectivity index (χ4n) is 4.08. The molecule has 43 heavy (non-hydrogen) atoms. The van der Waals surface area contributed by atoms with Crippen LogP contribution in [0.4, 0.5) is 26.2 Å². The van der Waals surface area contributed by atoms with Gasteiger partial charge < -0.3 is 20.7 Å². The standard InChI is InChI=1S/C32H30FN7O3/c1-32(2,3)22-13-24(18-34-17-22)38-31(42)39-28-10-9-25(14-27(28)33)43-26-11-12-35-29(15-26)21-16-36-40(19-21)20-30(41)37-23-7-5-4-6-8-23/h4-19H,20H2,1-3H3,(H,37,41)(H2,38,39,42). The summed E-state index contributed by atoms with van der Waals surface area (Å²) in [6, 6.07) is 17.9. The van der Waals surface area contributed by atoms with Crippen molar-refractivity contribution in [1.29, 1.82) is 0 Å². The molecule has 0 saturated heterocycles. The van der Waals surface area contributed by atoms with Crippen LogP contribution in [0.3, 0.4) is 0 Å². The summed E-state index contributed by atoms with van der Waals surface area (Å²) in [5.74, 6) is -0.228. The highest BCUT2D eigenvalue weighted by Gasteiger charge is 2.16. The predicted octanol–water partition coefficient (Wildman–Crippen LogP) is 6.85. The maximum absolute atomic E-state index is 14.9. The van der Waals surface area contributed by atoms with Gasteiger partial charge in [0, 0.05) is 42.0 Å². The first-order valence-electron chi connectivity index (χ1n) is 13.5. The highest BCUT2D eigenvalue weighted by molar-refractivity contribution is 5.99. The molecule has 3 aromatic heterocycles. The molecule has 11 heteroatoms. The van der Waals surface area contributed by atoms with Crippen LogP contribution in [-0.2, 0) is 16.8 Å². The third kappa shape index (κ3) is 7.79. The minimum atomic E-state index is -0.668. The SMILES string of the molecule is CC(C)(C)c1cncc(NC(=O)Nc2ccc(Oc3ccnc(-c4cnn(CC(=O)Nc5ccccc5)c4)c3)cc2F)c1. The zero-order valence-electron chi connectivity index (χ0n) is 23.8. The molecule has 0 aliphatic heterocycles. The molecule has 0 unspecified atom stereocenters. The fourth-order valence-corrected chi connectivity index (χ4v) is 4.08. The second-order valence-corrected chi connectivity index (χ2v) is 10.8. The number of para-hydroxylation sites is 1. The largest absolute Gasteiger partial charge is 0.457 e. The monoisotopic (exact) mass is 579 g/mol. The van der Waals surface area contributed by atoms with Gasteiger partial charge in [-0.2, -0.15) is 5.10 Å². The van der Waals surface area contributed by atoms with Crippen LogP contribution in [0, 0.1) is 5.82 Å². The van der Waals surface area contributed by atoms with Crippen molar-refractivity contribution in [3.63, 3.8) is 0 Å². The second-order valence-electron chi connectivity index (χ2n) is 10.8. The molecule has 0 atom stereocenters. The van der Waals surface area contributed by atoms with E-state index in [-0.39, 0.29) is 29.3 Å². The number of hydrogen-bond acceptors (Lipinski definition) is 6. The molecule has 0 fully saturated rings. The Morgan fingerprint density at radius 1 is 0.884 bits per heavy atom. The minimum Gasteiger partial charge on any atom is -0.457 e. The van der Waals surface area contributed by atoms with Crippen molar-refractivity contribution in [1.82, 2.24) is 19.7 Å². The molecule has 0 aliphatic rings. The number of carbonyl (C=O) groups excluding carboxylic acids is 2. The van der Waals surface area contributed by atoms with Gasteiger partial charge in [0.1, 0.15) is 23.9 Å². The number of pyridine rings is 2. The summed E-state index contributed by atoms with van der Waals surface area (Å²) in [6.07, 6.45) is 8.14. The number of amides is 3. The molecule has 0 radical (unpaired) electrons. The number of rotatable bonds is 8. The maximum atomic E-state index is 14.9. The molecule has 218 valence electrons. The van der Waals surface area contributed by atoms with Gasteiger partial charge >= 0.3 is 6.03 Å². The van der Waals surface area contributed by atoms with Crippen molar-refractivity contribution in [2.24, 2.45) is 0 Å². The van der Waals surface area contributed by atoms with E-state index in [9.17, 15) is 14.0 Å². The third-order valence-electron chi connectivity index (χ3n) is 6.31. The summed E-state index contributed by atoms with van der Waals surface area (Å²) >= 11 is 0. The Morgan fingerprint density at radius 3 is 2.44 bits per heavy atom. The third-order valence-corrected chi connectivity index (χ3v) is 6.31. The molecule has 3 N–H and O–H groups in total. The average molecular weight is 580 g/mol. The van der Waals surface area contributed by atoms with Crippen molar-refractivity contribution >= 4 is 29.0 Å². The quantitative estimate of drug-likeness (QED) is 0.185. The van der Waals surface area contributed by atoms with Gasteiger partial charge in [0.25, 0.3) is 0 Å². The molecule has 2 aromatic carbocycles. The van der Waals surface area contributed by atoms with Gasteiger partial charge in [-0.1, -0.05) is 39.0 Å². The summed E-state index contributed by atoms with van der Waals surface area (Å²) in [6.45, 7) is 6.17. The van der Waals surface area contributed by atoms with E-state index < -0.39 is 11.8 Å². The Morgan fingerprint density at radius 2 is 1.67 bits per heavy atom. The lowest BCUT2D eigenvalue weighted by Crippen LogP contribution is -2.21. The Bertz CT molecular complexity index is 1750. The highest BCUT2D eigenvalue weighted by atomic mass is 19.1. The first-order chi connectivity index (χ1) is 20.6. The summed E-state index contributed by atoms with van der Waals surface area (Å²) in [5.41, 5.74) is 3.25. The molecule has 3 heterocycles. The van der Waals surface area contributed by atoms with E-state index in [0.717, 1.165) is 5.56 Å². The van der Waals surface area contributed by atoms with Crippen molar-refractivity contribution in [2.75, 3.05) is 16.0 Å². The van der Waals surface area contributed by atoms with Gasteiger partial charge in [-0.15, -0.1) is 0 Å². The summed E-state index contributed by atoms with van der Waals surface area (Å²) in [5, 5.41) is 12.3. The number of ether oxygens (including phenoxy) is 1. The van der Waals surface area contributed by atoms with E-state index in [0.29, 0.717) is 28.4 Å². The van der Waals surface area contributed by atoms with E-state index in [1.807, 2.05) is 45.0 Å². The maximum Gasteiger partial charge on any atom is 0.323 e. The summed E-state index contributed by atoms with van der Waals surface area (Å²) in [7, 11) is 0. The van der Waals surface area contributed by atoms with Crippen LogP contribution < -0.4 is 20.7 Å². The van der Waals surface area contributed by atoms with E-state index in [4.69, 9.17) is 4.74 Å². The molecule has 0 bridgehead atoms. The fraction of sp³-hybridized carbons (Fsp3) is 0.156. The number of anilines is 3. The zero-order chi connectivity index (χ0) is 30.4. The molecule has 10 nitrogen and oxygen atoms in total.